The number of carbonyl (C=O) groups is 1. The van der Waals surface area contributed by atoms with Crippen LogP contribution in [0.15, 0.2) is 48.8 Å². The highest BCUT2D eigenvalue weighted by Gasteiger charge is 2.12. The van der Waals surface area contributed by atoms with Gasteiger partial charge in [0.05, 0.1) is 22.9 Å². The van der Waals surface area contributed by atoms with Crippen molar-refractivity contribution in [2.45, 2.75) is 6.92 Å². The molecule has 1 amide bonds. The number of benzene rings is 1. The Morgan fingerprint density at radius 3 is 2.61 bits per heavy atom. The average molecular weight is 417 g/mol. The first-order chi connectivity index (χ1) is 14.9. The largest absolute Gasteiger partial charge is 0.457 e. The standard InChI is InChI=1S/C22H23N7O2/c1-14-18(31-16-9-10-23-20(11-16)29(4)13-30)7-6-17-21(14)27-22(26-17)25-15-5-8-19(24-12-15)28(2)3/h5-13H,1-4H3,(H2,25,26,27). The van der Waals surface area contributed by atoms with Gasteiger partial charge < -0.3 is 24.8 Å². The summed E-state index contributed by atoms with van der Waals surface area (Å²) in [5.74, 6) is 3.27. The van der Waals surface area contributed by atoms with Crippen LogP contribution >= 0.6 is 0 Å². The van der Waals surface area contributed by atoms with Crippen molar-refractivity contribution < 1.29 is 9.53 Å². The molecule has 0 unspecified atom stereocenters. The third-order valence-electron chi connectivity index (χ3n) is 4.79. The summed E-state index contributed by atoms with van der Waals surface area (Å²) in [7, 11) is 5.53. The number of aromatic nitrogens is 4. The summed E-state index contributed by atoms with van der Waals surface area (Å²) >= 11 is 0. The van der Waals surface area contributed by atoms with Crippen LogP contribution in [0.25, 0.3) is 11.0 Å². The van der Waals surface area contributed by atoms with E-state index >= 15 is 0 Å². The Kier molecular flexibility index (Phi) is 5.40. The fourth-order valence-electron chi connectivity index (χ4n) is 3.06. The molecule has 9 heteroatoms. The molecule has 0 saturated heterocycles. The van der Waals surface area contributed by atoms with E-state index in [1.807, 2.05) is 50.2 Å². The van der Waals surface area contributed by atoms with E-state index in [-0.39, 0.29) is 0 Å². The summed E-state index contributed by atoms with van der Waals surface area (Å²) in [6.07, 6.45) is 4.07. The van der Waals surface area contributed by atoms with Crippen molar-refractivity contribution in [2.75, 3.05) is 36.3 Å². The Balaban J connectivity index is 1.57. The lowest BCUT2D eigenvalue weighted by atomic mass is 10.2. The zero-order valence-electron chi connectivity index (χ0n) is 17.7. The number of nitrogens with zero attached hydrogens (tertiary/aromatic N) is 5. The molecule has 0 atom stereocenters. The predicted molar refractivity (Wildman–Crippen MR) is 121 cm³/mol. The lowest BCUT2D eigenvalue weighted by Crippen LogP contribution is -2.14. The Labute approximate surface area is 179 Å². The maximum Gasteiger partial charge on any atom is 0.215 e. The van der Waals surface area contributed by atoms with E-state index in [0.717, 1.165) is 28.1 Å². The quantitative estimate of drug-likeness (QED) is 0.441. The van der Waals surface area contributed by atoms with Crippen LogP contribution in [-0.4, -0.2) is 47.5 Å². The molecule has 0 aliphatic rings. The van der Waals surface area contributed by atoms with Gasteiger partial charge in [-0.05, 0) is 37.3 Å². The number of H-pyrrole nitrogens is 1. The Hall–Kier alpha value is -4.14. The smallest absolute Gasteiger partial charge is 0.215 e. The van der Waals surface area contributed by atoms with Crippen molar-refractivity contribution in [2.24, 2.45) is 0 Å². The number of hydrogen-bond donors (Lipinski definition) is 2. The van der Waals surface area contributed by atoms with Crippen LogP contribution in [0.3, 0.4) is 0 Å². The number of fused-ring (bicyclic) bond motifs is 1. The molecule has 4 rings (SSSR count). The summed E-state index contributed by atoms with van der Waals surface area (Å²) in [6, 6.07) is 11.1. The van der Waals surface area contributed by atoms with E-state index in [1.54, 1.807) is 31.6 Å². The zero-order valence-corrected chi connectivity index (χ0v) is 17.7. The zero-order chi connectivity index (χ0) is 22.0. The number of pyridine rings is 2. The van der Waals surface area contributed by atoms with Gasteiger partial charge in [-0.2, -0.15) is 0 Å². The van der Waals surface area contributed by atoms with Gasteiger partial charge in [0, 0.05) is 39.0 Å². The van der Waals surface area contributed by atoms with Crippen molar-refractivity contribution in [3.8, 4) is 11.5 Å². The van der Waals surface area contributed by atoms with Gasteiger partial charge in [-0.3, -0.25) is 4.79 Å². The molecule has 0 aliphatic heterocycles. The van der Waals surface area contributed by atoms with Crippen molar-refractivity contribution in [3.05, 3.63) is 54.4 Å². The number of carbonyl (C=O) groups excluding carboxylic acids is 1. The van der Waals surface area contributed by atoms with Crippen molar-refractivity contribution in [1.29, 1.82) is 0 Å². The van der Waals surface area contributed by atoms with Crippen molar-refractivity contribution in [1.82, 2.24) is 19.9 Å². The third-order valence-corrected chi connectivity index (χ3v) is 4.79. The van der Waals surface area contributed by atoms with Crippen LogP contribution in [0.4, 0.5) is 23.3 Å². The second-order valence-corrected chi connectivity index (χ2v) is 7.26. The second kappa shape index (κ2) is 8.31. The van der Waals surface area contributed by atoms with Crippen LogP contribution in [0.2, 0.25) is 0 Å². The fourth-order valence-corrected chi connectivity index (χ4v) is 3.06. The van der Waals surface area contributed by atoms with Crippen LogP contribution in [0, 0.1) is 6.92 Å². The molecule has 4 aromatic rings. The molecule has 3 aromatic heterocycles. The SMILES string of the molecule is Cc1c(Oc2ccnc(N(C)C=O)c2)ccc2[nH]c(Nc3ccc(N(C)C)nc3)nc12. The number of aromatic amines is 1. The Morgan fingerprint density at radius 2 is 1.90 bits per heavy atom. The number of amides is 1. The lowest BCUT2D eigenvalue weighted by Gasteiger charge is -2.12. The highest BCUT2D eigenvalue weighted by Crippen LogP contribution is 2.31. The molecular formula is C22H23N7O2. The Morgan fingerprint density at radius 1 is 1.06 bits per heavy atom. The highest BCUT2D eigenvalue weighted by molar-refractivity contribution is 5.84. The van der Waals surface area contributed by atoms with Gasteiger partial charge in [0.2, 0.25) is 12.4 Å². The van der Waals surface area contributed by atoms with Crippen molar-refractivity contribution >= 4 is 40.7 Å². The normalized spacial score (nSPS) is 10.7. The summed E-state index contributed by atoms with van der Waals surface area (Å²) in [5.41, 5.74) is 3.42. The number of aryl methyl sites for hydroxylation is 1. The molecule has 1 aromatic carbocycles. The van der Waals surface area contributed by atoms with Gasteiger partial charge in [-0.15, -0.1) is 0 Å². The number of nitrogens with one attached hydrogen (secondary N) is 2. The second-order valence-electron chi connectivity index (χ2n) is 7.26. The van der Waals surface area contributed by atoms with E-state index in [4.69, 9.17) is 4.74 Å². The van der Waals surface area contributed by atoms with E-state index in [9.17, 15) is 4.79 Å². The van der Waals surface area contributed by atoms with E-state index < -0.39 is 0 Å². The molecule has 0 aliphatic carbocycles. The molecule has 0 radical (unpaired) electrons. The molecule has 158 valence electrons. The van der Waals surface area contributed by atoms with Crippen LogP contribution in [-0.2, 0) is 4.79 Å². The molecule has 0 saturated carbocycles. The first-order valence-electron chi connectivity index (χ1n) is 9.66. The van der Waals surface area contributed by atoms with Gasteiger partial charge in [-0.25, -0.2) is 15.0 Å². The van der Waals surface area contributed by atoms with Crippen LogP contribution in [0.5, 0.6) is 11.5 Å². The van der Waals surface area contributed by atoms with Crippen LogP contribution < -0.4 is 19.9 Å². The minimum atomic E-state index is 0.506. The first-order valence-corrected chi connectivity index (χ1v) is 9.66. The molecule has 3 heterocycles. The third kappa shape index (κ3) is 4.25. The highest BCUT2D eigenvalue weighted by atomic mass is 16.5. The molecular weight excluding hydrogens is 394 g/mol. The number of hydrogen-bond acceptors (Lipinski definition) is 7. The lowest BCUT2D eigenvalue weighted by molar-refractivity contribution is -0.107. The van der Waals surface area contributed by atoms with Gasteiger partial charge in [0.1, 0.15) is 23.1 Å². The van der Waals surface area contributed by atoms with Gasteiger partial charge in [0.25, 0.3) is 0 Å². The molecule has 0 bridgehead atoms. The maximum atomic E-state index is 11.0. The minimum Gasteiger partial charge on any atom is -0.457 e. The Bertz CT molecular complexity index is 1220. The molecule has 31 heavy (non-hydrogen) atoms. The molecule has 0 spiro atoms. The van der Waals surface area contributed by atoms with Crippen molar-refractivity contribution in [3.63, 3.8) is 0 Å². The number of ether oxygens (including phenoxy) is 1. The topological polar surface area (TPSA) is 99.3 Å². The van der Waals surface area contributed by atoms with E-state index in [1.165, 1.54) is 4.90 Å². The number of imidazole rings is 1. The summed E-state index contributed by atoms with van der Waals surface area (Å²) in [5, 5.41) is 3.25. The summed E-state index contributed by atoms with van der Waals surface area (Å²) in [6.45, 7) is 1.95. The van der Waals surface area contributed by atoms with E-state index in [2.05, 4.69) is 25.3 Å². The summed E-state index contributed by atoms with van der Waals surface area (Å²) < 4.78 is 6.04. The number of rotatable bonds is 7. The van der Waals surface area contributed by atoms with Gasteiger partial charge in [-0.1, -0.05) is 0 Å². The predicted octanol–water partition coefficient (Wildman–Crippen LogP) is 3.86. The first kappa shape index (κ1) is 20.1. The minimum absolute atomic E-state index is 0.506. The monoisotopic (exact) mass is 417 g/mol. The van der Waals surface area contributed by atoms with E-state index in [0.29, 0.717) is 29.7 Å². The van der Waals surface area contributed by atoms with Gasteiger partial charge >= 0.3 is 0 Å². The van der Waals surface area contributed by atoms with Crippen LogP contribution in [0.1, 0.15) is 5.56 Å². The molecule has 2 N–H and O–H groups in total. The average Bonchev–Trinajstić information content (AvgIpc) is 3.19. The molecule has 0 fully saturated rings. The molecule has 9 nitrogen and oxygen atoms in total. The summed E-state index contributed by atoms with van der Waals surface area (Å²) in [4.78, 5) is 30.8. The maximum absolute atomic E-state index is 11.0. The van der Waals surface area contributed by atoms with Gasteiger partial charge in [0.15, 0.2) is 0 Å². The fraction of sp³-hybridized carbons (Fsp3) is 0.182. The number of anilines is 4.